The zero-order chi connectivity index (χ0) is 13.0. The summed E-state index contributed by atoms with van der Waals surface area (Å²) in [5.74, 6) is 2.31. The summed E-state index contributed by atoms with van der Waals surface area (Å²) < 4.78 is 26.9. The summed E-state index contributed by atoms with van der Waals surface area (Å²) in [4.78, 5) is 0. The largest absolute Gasteiger partial charge is 0.309 e. The summed E-state index contributed by atoms with van der Waals surface area (Å²) in [6, 6.07) is 3.84. The highest BCUT2D eigenvalue weighted by atomic mass is 32.2. The molecule has 2 unspecified atom stereocenters. The molecule has 5 heteroatoms. The van der Waals surface area contributed by atoms with Crippen LogP contribution in [-0.2, 0) is 0 Å². The second-order valence-corrected chi connectivity index (χ2v) is 6.68. The molecule has 1 aliphatic rings. The van der Waals surface area contributed by atoms with Crippen LogP contribution in [0, 0.1) is 11.6 Å². The van der Waals surface area contributed by atoms with Crippen molar-refractivity contribution in [2.75, 3.05) is 23.8 Å². The van der Waals surface area contributed by atoms with Crippen molar-refractivity contribution in [2.24, 2.45) is 0 Å². The average molecular weight is 289 g/mol. The van der Waals surface area contributed by atoms with Crippen molar-refractivity contribution in [1.82, 2.24) is 5.32 Å². The first-order valence-corrected chi connectivity index (χ1v) is 8.30. The van der Waals surface area contributed by atoms with Crippen LogP contribution in [-0.4, -0.2) is 29.1 Å². The van der Waals surface area contributed by atoms with Gasteiger partial charge in [-0.2, -0.15) is 23.5 Å². The molecule has 18 heavy (non-hydrogen) atoms. The van der Waals surface area contributed by atoms with E-state index in [4.69, 9.17) is 0 Å². The monoisotopic (exact) mass is 289 g/mol. The number of nitrogens with one attached hydrogen (secondary N) is 1. The molecule has 1 aliphatic heterocycles. The van der Waals surface area contributed by atoms with E-state index in [0.717, 1.165) is 29.9 Å². The van der Waals surface area contributed by atoms with Crippen LogP contribution in [0.2, 0.25) is 0 Å². The maximum atomic E-state index is 13.9. The Kier molecular flexibility index (Phi) is 5.33. The van der Waals surface area contributed by atoms with Gasteiger partial charge in [0.25, 0.3) is 0 Å². The third kappa shape index (κ3) is 3.39. The van der Waals surface area contributed by atoms with Crippen LogP contribution in [0.3, 0.4) is 0 Å². The predicted octanol–water partition coefficient (Wildman–Crippen LogP) is 3.46. The maximum Gasteiger partial charge on any atom is 0.130 e. The van der Waals surface area contributed by atoms with E-state index in [1.807, 2.05) is 30.4 Å². The number of benzene rings is 1. The molecule has 1 heterocycles. The van der Waals surface area contributed by atoms with Gasteiger partial charge in [0.1, 0.15) is 11.6 Å². The van der Waals surface area contributed by atoms with Crippen molar-refractivity contribution >= 4 is 23.5 Å². The first kappa shape index (κ1) is 14.2. The van der Waals surface area contributed by atoms with Gasteiger partial charge in [0.2, 0.25) is 0 Å². The topological polar surface area (TPSA) is 12.0 Å². The Bertz CT molecular complexity index is 395. The van der Waals surface area contributed by atoms with Crippen LogP contribution in [0.15, 0.2) is 18.2 Å². The third-order valence-electron chi connectivity index (χ3n) is 2.94. The molecule has 1 nitrogen and oxygen atoms in total. The van der Waals surface area contributed by atoms with Crippen LogP contribution in [0.1, 0.15) is 18.5 Å². The van der Waals surface area contributed by atoms with Crippen molar-refractivity contribution in [3.63, 3.8) is 0 Å². The van der Waals surface area contributed by atoms with Crippen molar-refractivity contribution < 1.29 is 8.78 Å². The molecule has 0 amide bonds. The number of halogens is 2. The van der Waals surface area contributed by atoms with Gasteiger partial charge in [0, 0.05) is 40.2 Å². The second-order valence-electron chi connectivity index (χ2n) is 4.19. The van der Waals surface area contributed by atoms with Gasteiger partial charge in [-0.15, -0.1) is 0 Å². The summed E-state index contributed by atoms with van der Waals surface area (Å²) in [5, 5.41) is 3.68. The van der Waals surface area contributed by atoms with E-state index >= 15 is 0 Å². The smallest absolute Gasteiger partial charge is 0.130 e. The number of hydrogen-bond acceptors (Lipinski definition) is 3. The molecule has 0 spiro atoms. The molecule has 0 saturated carbocycles. The minimum atomic E-state index is -0.517. The first-order chi connectivity index (χ1) is 8.72. The lowest BCUT2D eigenvalue weighted by atomic mass is 10.0. The standard InChI is InChI=1S/C13H17F2NS2/c1-2-16-13(12-8-17-5-6-18-12)10-4-3-9(14)7-11(10)15/h3-4,7,12-13,16H,2,5-6,8H2,1H3. The van der Waals surface area contributed by atoms with Gasteiger partial charge >= 0.3 is 0 Å². The number of rotatable bonds is 4. The Morgan fingerprint density at radius 2 is 2.22 bits per heavy atom. The zero-order valence-electron chi connectivity index (χ0n) is 10.3. The van der Waals surface area contributed by atoms with E-state index in [2.05, 4.69) is 5.32 Å². The van der Waals surface area contributed by atoms with Crippen LogP contribution in [0.4, 0.5) is 8.78 Å². The molecule has 2 atom stereocenters. The average Bonchev–Trinajstić information content (AvgIpc) is 2.38. The van der Waals surface area contributed by atoms with Gasteiger partial charge < -0.3 is 5.32 Å². The second kappa shape index (κ2) is 6.78. The molecule has 1 aromatic rings. The zero-order valence-corrected chi connectivity index (χ0v) is 11.9. The quantitative estimate of drug-likeness (QED) is 0.911. The summed E-state index contributed by atoms with van der Waals surface area (Å²) in [5.41, 5.74) is 0.582. The highest BCUT2D eigenvalue weighted by Crippen LogP contribution is 2.34. The molecule has 0 aromatic heterocycles. The predicted molar refractivity (Wildman–Crippen MR) is 76.3 cm³/mol. The van der Waals surface area contributed by atoms with Crippen molar-refractivity contribution in [1.29, 1.82) is 0 Å². The molecule has 1 fully saturated rings. The van der Waals surface area contributed by atoms with E-state index in [0.29, 0.717) is 10.8 Å². The van der Waals surface area contributed by atoms with Crippen molar-refractivity contribution in [2.45, 2.75) is 18.2 Å². The Labute approximate surface area is 115 Å². The first-order valence-electron chi connectivity index (χ1n) is 6.10. The molecule has 0 radical (unpaired) electrons. The summed E-state index contributed by atoms with van der Waals surface area (Å²) >= 11 is 3.78. The molecule has 100 valence electrons. The summed E-state index contributed by atoms with van der Waals surface area (Å²) in [6.45, 7) is 2.79. The molecule has 0 aliphatic carbocycles. The summed E-state index contributed by atoms with van der Waals surface area (Å²) in [7, 11) is 0. The lowest BCUT2D eigenvalue weighted by molar-refractivity contribution is 0.503. The fourth-order valence-corrected chi connectivity index (χ4v) is 4.97. The maximum absolute atomic E-state index is 13.9. The molecule has 1 N–H and O–H groups in total. The SMILES string of the molecule is CCNC(c1ccc(F)cc1F)C1CSCCS1. The minimum Gasteiger partial charge on any atom is -0.309 e. The molecule has 1 saturated heterocycles. The Morgan fingerprint density at radius 3 is 2.83 bits per heavy atom. The van der Waals surface area contributed by atoms with Crippen LogP contribution in [0.5, 0.6) is 0 Å². The van der Waals surface area contributed by atoms with Crippen molar-refractivity contribution in [3.05, 3.63) is 35.4 Å². The van der Waals surface area contributed by atoms with E-state index in [-0.39, 0.29) is 6.04 Å². The van der Waals surface area contributed by atoms with Gasteiger partial charge in [-0.3, -0.25) is 0 Å². The lowest BCUT2D eigenvalue weighted by Gasteiger charge is -2.30. The Hall–Kier alpha value is -0.260. The van der Waals surface area contributed by atoms with Crippen LogP contribution < -0.4 is 5.32 Å². The molecular weight excluding hydrogens is 272 g/mol. The lowest BCUT2D eigenvalue weighted by Crippen LogP contribution is -2.34. The van der Waals surface area contributed by atoms with Gasteiger partial charge in [-0.05, 0) is 12.6 Å². The molecule has 1 aromatic carbocycles. The highest BCUT2D eigenvalue weighted by Gasteiger charge is 2.27. The van der Waals surface area contributed by atoms with E-state index in [9.17, 15) is 8.78 Å². The van der Waals surface area contributed by atoms with Crippen LogP contribution in [0.25, 0.3) is 0 Å². The van der Waals surface area contributed by atoms with E-state index in [1.165, 1.54) is 6.07 Å². The Morgan fingerprint density at radius 1 is 1.39 bits per heavy atom. The highest BCUT2D eigenvalue weighted by molar-refractivity contribution is 8.06. The van der Waals surface area contributed by atoms with Crippen LogP contribution >= 0.6 is 23.5 Å². The fourth-order valence-electron chi connectivity index (χ4n) is 2.11. The van der Waals surface area contributed by atoms with Gasteiger partial charge in [0.05, 0.1) is 0 Å². The summed E-state index contributed by atoms with van der Waals surface area (Å²) in [6.07, 6.45) is 0. The van der Waals surface area contributed by atoms with Crippen molar-refractivity contribution in [3.8, 4) is 0 Å². The minimum absolute atomic E-state index is 0.0339. The molecular formula is C13H17F2NS2. The molecule has 0 bridgehead atoms. The molecule has 2 rings (SSSR count). The van der Waals surface area contributed by atoms with Gasteiger partial charge in [0.15, 0.2) is 0 Å². The normalized spacial score (nSPS) is 21.8. The van der Waals surface area contributed by atoms with Gasteiger partial charge in [-0.1, -0.05) is 13.0 Å². The number of thioether (sulfide) groups is 2. The third-order valence-corrected chi connectivity index (χ3v) is 5.80. The van der Waals surface area contributed by atoms with E-state index < -0.39 is 11.6 Å². The fraction of sp³-hybridized carbons (Fsp3) is 0.538. The van der Waals surface area contributed by atoms with Gasteiger partial charge in [-0.25, -0.2) is 8.78 Å². The number of hydrogen-bond donors (Lipinski definition) is 1. The Balaban J connectivity index is 2.22. The van der Waals surface area contributed by atoms with E-state index in [1.54, 1.807) is 6.07 Å².